The third kappa shape index (κ3) is 6.79. The van der Waals surface area contributed by atoms with Crippen LogP contribution in [0.4, 0.5) is 0 Å². The topological polar surface area (TPSA) is 36.9 Å². The first-order valence-corrected chi connectivity index (χ1v) is 17.4. The third-order valence-electron chi connectivity index (χ3n) is 11.0. The molecule has 238 valence electrons. The van der Waals surface area contributed by atoms with E-state index < -0.39 is 0 Å². The SMILES string of the molecule is CC(C)[C@@H]1CC[C@@H](C)C[C@H]1OCO[C@@H]1c2ccc3ccc4ccccc4c3c2C=C[C@H]1OCO[C@@H]1C[C@H](C)CC[C@H]1C(C)C. The number of fused-ring (bicyclic) bond motifs is 5. The van der Waals surface area contributed by atoms with Gasteiger partial charge in [-0.05, 0) is 93.9 Å². The Morgan fingerprint density at radius 3 is 1.91 bits per heavy atom. The molecule has 3 aromatic carbocycles. The summed E-state index contributed by atoms with van der Waals surface area (Å²) in [5.74, 6) is 3.78. The maximum atomic E-state index is 6.71. The molecule has 4 heteroatoms. The highest BCUT2D eigenvalue weighted by Crippen LogP contribution is 2.41. The standard InChI is InChI=1S/C40H54O4/c1-25(2)31-16-11-27(5)21-37(31)42-23-41-36-20-19-34-35(18-15-30-14-13-29-9-7-8-10-33(29)39(30)34)40(36)44-24-43-38-22-28(6)12-17-32(38)26(3)4/h7-10,13-15,18-20,25-28,31-32,36-38,40H,11-12,16-17,21-24H2,1-6H3/t27-,28-,31+,32+,36-,37-,38-,40-/m1/s1. The molecule has 0 spiro atoms. The zero-order chi connectivity index (χ0) is 30.8. The summed E-state index contributed by atoms with van der Waals surface area (Å²) in [5.41, 5.74) is 2.38. The quantitative estimate of drug-likeness (QED) is 0.172. The molecule has 0 heterocycles. The number of benzene rings is 3. The number of rotatable bonds is 10. The molecule has 6 rings (SSSR count). The van der Waals surface area contributed by atoms with Crippen LogP contribution in [0.2, 0.25) is 0 Å². The van der Waals surface area contributed by atoms with Gasteiger partial charge < -0.3 is 18.9 Å². The monoisotopic (exact) mass is 598 g/mol. The third-order valence-corrected chi connectivity index (χ3v) is 11.0. The average molecular weight is 599 g/mol. The first-order chi connectivity index (χ1) is 21.3. The molecule has 4 nitrogen and oxygen atoms in total. The lowest BCUT2D eigenvalue weighted by Gasteiger charge is -2.38. The first-order valence-electron chi connectivity index (χ1n) is 17.4. The molecule has 0 N–H and O–H groups in total. The average Bonchev–Trinajstić information content (AvgIpc) is 3.01. The predicted octanol–water partition coefficient (Wildman–Crippen LogP) is 10.3. The van der Waals surface area contributed by atoms with E-state index in [0.29, 0.717) is 35.5 Å². The second-order valence-electron chi connectivity index (χ2n) is 14.8. The largest absolute Gasteiger partial charge is 0.352 e. The fraction of sp³-hybridized carbons (Fsp3) is 0.600. The number of ether oxygens (including phenoxy) is 4. The Balaban J connectivity index is 1.24. The maximum absolute atomic E-state index is 6.71. The van der Waals surface area contributed by atoms with Crippen LogP contribution in [0.15, 0.2) is 54.6 Å². The predicted molar refractivity (Wildman–Crippen MR) is 181 cm³/mol. The Labute approximate surface area is 265 Å². The molecule has 0 bridgehead atoms. The molecule has 0 unspecified atom stereocenters. The van der Waals surface area contributed by atoms with Crippen LogP contribution in [0.25, 0.3) is 27.6 Å². The van der Waals surface area contributed by atoms with Gasteiger partial charge in [0.15, 0.2) is 0 Å². The molecule has 44 heavy (non-hydrogen) atoms. The molecule has 3 aliphatic rings. The molecule has 0 radical (unpaired) electrons. The molecule has 0 saturated heterocycles. The Morgan fingerprint density at radius 1 is 0.659 bits per heavy atom. The van der Waals surface area contributed by atoms with Gasteiger partial charge in [-0.2, -0.15) is 0 Å². The van der Waals surface area contributed by atoms with E-state index in [4.69, 9.17) is 18.9 Å². The van der Waals surface area contributed by atoms with Gasteiger partial charge in [0, 0.05) is 0 Å². The maximum Gasteiger partial charge on any atom is 0.148 e. The van der Waals surface area contributed by atoms with Crippen LogP contribution in [0.1, 0.15) is 97.3 Å². The van der Waals surface area contributed by atoms with Crippen LogP contribution < -0.4 is 0 Å². The molecular weight excluding hydrogens is 544 g/mol. The van der Waals surface area contributed by atoms with Crippen molar-refractivity contribution in [3.63, 3.8) is 0 Å². The first kappa shape index (κ1) is 31.7. The van der Waals surface area contributed by atoms with Gasteiger partial charge in [0.05, 0.1) is 12.2 Å². The summed E-state index contributed by atoms with van der Waals surface area (Å²) in [4.78, 5) is 0. The molecule has 3 aliphatic carbocycles. The number of hydrogen-bond donors (Lipinski definition) is 0. The van der Waals surface area contributed by atoms with E-state index >= 15 is 0 Å². The van der Waals surface area contributed by atoms with Crippen LogP contribution in [0, 0.1) is 35.5 Å². The van der Waals surface area contributed by atoms with E-state index in [-0.39, 0.29) is 38.0 Å². The van der Waals surface area contributed by atoms with Crippen molar-refractivity contribution in [3.8, 4) is 0 Å². The van der Waals surface area contributed by atoms with Crippen molar-refractivity contribution < 1.29 is 18.9 Å². The van der Waals surface area contributed by atoms with E-state index in [1.165, 1.54) is 52.8 Å². The highest BCUT2D eigenvalue weighted by molar-refractivity contribution is 6.11. The Morgan fingerprint density at radius 2 is 1.25 bits per heavy atom. The highest BCUT2D eigenvalue weighted by atomic mass is 16.7. The smallest absolute Gasteiger partial charge is 0.148 e. The summed E-state index contributed by atoms with van der Waals surface area (Å²) in [6.45, 7) is 14.6. The van der Waals surface area contributed by atoms with Crippen molar-refractivity contribution in [2.45, 2.75) is 104 Å². The van der Waals surface area contributed by atoms with Crippen molar-refractivity contribution in [1.82, 2.24) is 0 Å². The van der Waals surface area contributed by atoms with Crippen LogP contribution in [-0.4, -0.2) is 31.9 Å². The highest BCUT2D eigenvalue weighted by Gasteiger charge is 2.35. The van der Waals surface area contributed by atoms with Crippen molar-refractivity contribution in [3.05, 3.63) is 65.7 Å². The van der Waals surface area contributed by atoms with Gasteiger partial charge in [-0.15, -0.1) is 0 Å². The minimum Gasteiger partial charge on any atom is -0.352 e. The zero-order valence-corrected chi connectivity index (χ0v) is 27.8. The fourth-order valence-corrected chi connectivity index (χ4v) is 8.38. The summed E-state index contributed by atoms with van der Waals surface area (Å²) in [6.07, 6.45) is 11.7. The molecular formula is C40H54O4. The molecule has 0 amide bonds. The van der Waals surface area contributed by atoms with Crippen molar-refractivity contribution in [2.75, 3.05) is 13.6 Å². The van der Waals surface area contributed by atoms with Crippen LogP contribution in [-0.2, 0) is 18.9 Å². The second-order valence-corrected chi connectivity index (χ2v) is 14.8. The summed E-state index contributed by atoms with van der Waals surface area (Å²) in [5, 5.41) is 5.04. The van der Waals surface area contributed by atoms with E-state index in [2.05, 4.69) is 102 Å². The van der Waals surface area contributed by atoms with Gasteiger partial charge in [-0.1, -0.05) is 115 Å². The summed E-state index contributed by atoms with van der Waals surface area (Å²) in [6, 6.07) is 17.6. The van der Waals surface area contributed by atoms with Crippen molar-refractivity contribution in [2.24, 2.45) is 35.5 Å². The summed E-state index contributed by atoms with van der Waals surface area (Å²) < 4.78 is 26.3. The molecule has 2 saturated carbocycles. The molecule has 8 atom stereocenters. The zero-order valence-electron chi connectivity index (χ0n) is 27.8. The lowest BCUT2D eigenvalue weighted by Crippen LogP contribution is -2.36. The van der Waals surface area contributed by atoms with Gasteiger partial charge >= 0.3 is 0 Å². The van der Waals surface area contributed by atoms with E-state index in [1.807, 2.05) is 0 Å². The molecule has 0 aliphatic heterocycles. The second kappa shape index (κ2) is 14.0. The van der Waals surface area contributed by atoms with E-state index in [9.17, 15) is 0 Å². The normalized spacial score (nSPS) is 30.8. The molecule has 2 fully saturated rings. The van der Waals surface area contributed by atoms with Gasteiger partial charge in [0.1, 0.15) is 25.8 Å². The fourth-order valence-electron chi connectivity index (χ4n) is 8.38. The Kier molecular flexibility index (Phi) is 10.1. The minimum atomic E-state index is -0.272. The van der Waals surface area contributed by atoms with Crippen molar-refractivity contribution >= 4 is 27.6 Å². The van der Waals surface area contributed by atoms with Crippen LogP contribution in [0.5, 0.6) is 0 Å². The van der Waals surface area contributed by atoms with Crippen LogP contribution >= 0.6 is 0 Å². The van der Waals surface area contributed by atoms with Crippen LogP contribution in [0.3, 0.4) is 0 Å². The van der Waals surface area contributed by atoms with E-state index in [1.54, 1.807) is 0 Å². The van der Waals surface area contributed by atoms with Gasteiger partial charge in [-0.3, -0.25) is 0 Å². The molecule has 3 aromatic rings. The Hall–Kier alpha value is -2.24. The Bertz CT molecular complexity index is 1430. The van der Waals surface area contributed by atoms with Crippen molar-refractivity contribution in [1.29, 1.82) is 0 Å². The van der Waals surface area contributed by atoms with Gasteiger partial charge in [0.25, 0.3) is 0 Å². The number of hydrogen-bond acceptors (Lipinski definition) is 4. The summed E-state index contributed by atoms with van der Waals surface area (Å²) in [7, 11) is 0. The van der Waals surface area contributed by atoms with Gasteiger partial charge in [-0.25, -0.2) is 0 Å². The molecule has 0 aromatic heterocycles. The summed E-state index contributed by atoms with van der Waals surface area (Å²) >= 11 is 0. The van der Waals surface area contributed by atoms with E-state index in [0.717, 1.165) is 18.4 Å². The lowest BCUT2D eigenvalue weighted by molar-refractivity contribution is -0.194. The van der Waals surface area contributed by atoms with Gasteiger partial charge in [0.2, 0.25) is 0 Å². The minimum absolute atomic E-state index is 0.238. The lowest BCUT2D eigenvalue weighted by atomic mass is 9.75.